The minimum Gasteiger partial charge on any atom is -0.325 e. The first-order valence-corrected chi connectivity index (χ1v) is 15.1. The number of hydrogen-bond acceptors (Lipinski definition) is 4. The van der Waals surface area contributed by atoms with E-state index in [1.807, 2.05) is 37.3 Å². The molecule has 41 heavy (non-hydrogen) atoms. The smallest absolute Gasteiger partial charge is 0.272 e. The molecule has 0 saturated heterocycles. The number of carbonyl (C=O) groups is 3. The fourth-order valence-electron chi connectivity index (χ4n) is 3.61. The van der Waals surface area contributed by atoms with Crippen LogP contribution in [-0.4, -0.2) is 23.0 Å². The number of rotatable bonds is 9. The molecule has 3 N–H and O–H groups in total. The van der Waals surface area contributed by atoms with E-state index in [2.05, 4.69) is 38.5 Å². The molecule has 0 aromatic heterocycles. The van der Waals surface area contributed by atoms with E-state index in [1.54, 1.807) is 66.7 Å². The summed E-state index contributed by atoms with van der Waals surface area (Å²) in [6.07, 6.45) is 1.47. The van der Waals surface area contributed by atoms with E-state index < -0.39 is 17.1 Å². The molecule has 0 spiro atoms. The SMILES string of the molecule is CC(Sc1cccc(NC(=O)/C(=C\c2cccc(Cl)c2Cl)NC(=O)c2ccccc2)c1)C(=O)Nc1ccc(I)cc1. The van der Waals surface area contributed by atoms with Crippen LogP contribution in [0.15, 0.2) is 108 Å². The van der Waals surface area contributed by atoms with Gasteiger partial charge in [-0.1, -0.05) is 59.6 Å². The number of thioether (sulfide) groups is 1. The Bertz CT molecular complexity index is 1600. The highest BCUT2D eigenvalue weighted by Gasteiger charge is 2.18. The molecule has 208 valence electrons. The third-order valence-electron chi connectivity index (χ3n) is 5.70. The van der Waals surface area contributed by atoms with Crippen LogP contribution in [0, 0.1) is 3.57 Å². The highest BCUT2D eigenvalue weighted by atomic mass is 127. The summed E-state index contributed by atoms with van der Waals surface area (Å²) in [6, 6.07) is 28.3. The lowest BCUT2D eigenvalue weighted by Crippen LogP contribution is -2.30. The zero-order chi connectivity index (χ0) is 29.4. The molecule has 3 amide bonds. The fraction of sp³-hybridized carbons (Fsp3) is 0.0645. The summed E-state index contributed by atoms with van der Waals surface area (Å²) in [5.41, 5.74) is 2.04. The average molecular weight is 716 g/mol. The van der Waals surface area contributed by atoms with Crippen molar-refractivity contribution in [2.75, 3.05) is 10.6 Å². The van der Waals surface area contributed by atoms with Crippen LogP contribution in [0.5, 0.6) is 0 Å². The van der Waals surface area contributed by atoms with Gasteiger partial charge in [0.05, 0.1) is 15.3 Å². The summed E-state index contributed by atoms with van der Waals surface area (Å²) in [7, 11) is 0. The molecule has 0 fully saturated rings. The third kappa shape index (κ3) is 8.84. The summed E-state index contributed by atoms with van der Waals surface area (Å²) in [6.45, 7) is 1.81. The lowest BCUT2D eigenvalue weighted by Gasteiger charge is -2.14. The van der Waals surface area contributed by atoms with Crippen LogP contribution in [0.3, 0.4) is 0 Å². The van der Waals surface area contributed by atoms with E-state index in [9.17, 15) is 14.4 Å². The molecule has 1 unspecified atom stereocenters. The van der Waals surface area contributed by atoms with E-state index in [4.69, 9.17) is 23.2 Å². The quantitative estimate of drug-likeness (QED) is 0.0928. The average Bonchev–Trinajstić information content (AvgIpc) is 2.96. The fourth-order valence-corrected chi connectivity index (χ4v) is 5.26. The molecule has 10 heteroatoms. The molecule has 0 bridgehead atoms. The van der Waals surface area contributed by atoms with Gasteiger partial charge in [0, 0.05) is 25.4 Å². The normalized spacial score (nSPS) is 11.9. The standard InChI is InChI=1S/C31H24Cl2IN3O3S/c1-19(29(38)35-23-15-13-22(34)14-16-23)41-25-11-6-10-24(18-25)36-31(40)27(17-21-9-5-12-26(32)28(21)33)37-30(39)20-7-3-2-4-8-20/h2-19H,1H3,(H,35,38)(H,36,40)(H,37,39)/b27-17+. The largest absolute Gasteiger partial charge is 0.325 e. The van der Waals surface area contributed by atoms with E-state index in [0.717, 1.165) is 14.2 Å². The predicted molar refractivity (Wildman–Crippen MR) is 177 cm³/mol. The third-order valence-corrected chi connectivity index (χ3v) is 8.34. The van der Waals surface area contributed by atoms with Crippen molar-refractivity contribution < 1.29 is 14.4 Å². The molecular formula is C31H24Cl2IN3O3S. The molecule has 4 rings (SSSR count). The van der Waals surface area contributed by atoms with Crippen LogP contribution < -0.4 is 16.0 Å². The van der Waals surface area contributed by atoms with Gasteiger partial charge >= 0.3 is 0 Å². The maximum absolute atomic E-state index is 13.4. The van der Waals surface area contributed by atoms with E-state index in [-0.39, 0.29) is 16.6 Å². The van der Waals surface area contributed by atoms with Gasteiger partial charge in [0.15, 0.2) is 0 Å². The first-order chi connectivity index (χ1) is 19.7. The maximum Gasteiger partial charge on any atom is 0.272 e. The van der Waals surface area contributed by atoms with Crippen LogP contribution in [0.1, 0.15) is 22.8 Å². The Kier molecular flexibility index (Phi) is 10.9. The van der Waals surface area contributed by atoms with Gasteiger partial charge in [-0.25, -0.2) is 0 Å². The van der Waals surface area contributed by atoms with Crippen molar-refractivity contribution in [3.8, 4) is 0 Å². The Labute approximate surface area is 266 Å². The van der Waals surface area contributed by atoms with Gasteiger partial charge in [0.2, 0.25) is 5.91 Å². The van der Waals surface area contributed by atoms with Crippen LogP contribution in [-0.2, 0) is 9.59 Å². The Balaban J connectivity index is 1.50. The predicted octanol–water partition coefficient (Wildman–Crippen LogP) is 8.13. The summed E-state index contributed by atoms with van der Waals surface area (Å²) < 4.78 is 1.08. The summed E-state index contributed by atoms with van der Waals surface area (Å²) >= 11 is 16.1. The lowest BCUT2D eigenvalue weighted by atomic mass is 10.1. The van der Waals surface area contributed by atoms with E-state index in [1.165, 1.54) is 17.8 Å². The van der Waals surface area contributed by atoms with Crippen molar-refractivity contribution in [3.05, 3.63) is 128 Å². The first kappa shape index (κ1) is 30.6. The summed E-state index contributed by atoms with van der Waals surface area (Å²) in [4.78, 5) is 39.8. The molecule has 4 aromatic carbocycles. The highest BCUT2D eigenvalue weighted by Crippen LogP contribution is 2.29. The second-order valence-electron chi connectivity index (χ2n) is 8.76. The molecule has 0 aliphatic heterocycles. The van der Waals surface area contributed by atoms with Crippen molar-refractivity contribution in [2.45, 2.75) is 17.1 Å². The molecular weight excluding hydrogens is 692 g/mol. The van der Waals surface area contributed by atoms with Crippen LogP contribution in [0.4, 0.5) is 11.4 Å². The summed E-state index contributed by atoms with van der Waals surface area (Å²) in [5, 5.41) is 8.60. The van der Waals surface area contributed by atoms with Crippen molar-refractivity contribution in [3.63, 3.8) is 0 Å². The molecule has 1 atom stereocenters. The number of hydrogen-bond donors (Lipinski definition) is 3. The van der Waals surface area contributed by atoms with Gasteiger partial charge in [-0.05, 0) is 102 Å². The second-order valence-corrected chi connectivity index (χ2v) is 12.2. The first-order valence-electron chi connectivity index (χ1n) is 12.4. The Morgan fingerprint density at radius 1 is 0.829 bits per heavy atom. The number of halogens is 3. The van der Waals surface area contributed by atoms with Crippen molar-refractivity contribution in [1.82, 2.24) is 5.32 Å². The number of carbonyl (C=O) groups excluding carboxylic acids is 3. The van der Waals surface area contributed by atoms with E-state index >= 15 is 0 Å². The molecule has 0 radical (unpaired) electrons. The molecule has 0 aliphatic rings. The van der Waals surface area contributed by atoms with Crippen molar-refractivity contribution >= 4 is 92.7 Å². The molecule has 0 aliphatic carbocycles. The monoisotopic (exact) mass is 715 g/mol. The van der Waals surface area contributed by atoms with Crippen LogP contribution in [0.2, 0.25) is 10.0 Å². The second kappa shape index (κ2) is 14.5. The van der Waals surface area contributed by atoms with Gasteiger partial charge in [-0.2, -0.15) is 0 Å². The van der Waals surface area contributed by atoms with Gasteiger partial charge < -0.3 is 16.0 Å². The number of amides is 3. The zero-order valence-electron chi connectivity index (χ0n) is 21.7. The van der Waals surface area contributed by atoms with Crippen molar-refractivity contribution in [2.24, 2.45) is 0 Å². The Morgan fingerprint density at radius 2 is 1.54 bits per heavy atom. The van der Waals surface area contributed by atoms with Gasteiger partial charge in [-0.3, -0.25) is 14.4 Å². The topological polar surface area (TPSA) is 87.3 Å². The summed E-state index contributed by atoms with van der Waals surface area (Å²) in [5.74, 6) is -1.16. The minimum atomic E-state index is -0.558. The van der Waals surface area contributed by atoms with Crippen LogP contribution in [0.25, 0.3) is 6.08 Å². The van der Waals surface area contributed by atoms with Crippen molar-refractivity contribution in [1.29, 1.82) is 0 Å². The Hall–Kier alpha value is -3.31. The zero-order valence-corrected chi connectivity index (χ0v) is 26.1. The maximum atomic E-state index is 13.4. The lowest BCUT2D eigenvalue weighted by molar-refractivity contribution is -0.115. The van der Waals surface area contributed by atoms with Gasteiger partial charge in [-0.15, -0.1) is 11.8 Å². The van der Waals surface area contributed by atoms with E-state index in [0.29, 0.717) is 21.8 Å². The minimum absolute atomic E-state index is 0.0219. The van der Waals surface area contributed by atoms with Crippen LogP contribution >= 0.6 is 57.6 Å². The number of anilines is 2. The molecule has 0 saturated carbocycles. The van der Waals surface area contributed by atoms with Gasteiger partial charge in [0.1, 0.15) is 5.70 Å². The molecule has 0 heterocycles. The molecule has 4 aromatic rings. The number of benzene rings is 4. The Morgan fingerprint density at radius 3 is 2.27 bits per heavy atom. The molecule has 6 nitrogen and oxygen atoms in total. The number of nitrogens with one attached hydrogen (secondary N) is 3. The van der Waals surface area contributed by atoms with Gasteiger partial charge in [0.25, 0.3) is 11.8 Å². The highest BCUT2D eigenvalue weighted by molar-refractivity contribution is 14.1.